The summed E-state index contributed by atoms with van der Waals surface area (Å²) in [6, 6.07) is 5.52. The molecule has 0 saturated carbocycles. The van der Waals surface area contributed by atoms with E-state index < -0.39 is 4.92 Å². The number of aromatic nitrogens is 1. The van der Waals surface area contributed by atoms with Gasteiger partial charge in [-0.25, -0.2) is 4.98 Å². The fourth-order valence-electron chi connectivity index (χ4n) is 1.79. The normalized spacial score (nSPS) is 10.6. The lowest BCUT2D eigenvalue weighted by Gasteiger charge is -2.10. The largest absolute Gasteiger partial charge is 0.378 e. The van der Waals surface area contributed by atoms with Gasteiger partial charge in [0.05, 0.1) is 10.4 Å². The highest BCUT2D eigenvalue weighted by Crippen LogP contribution is 2.32. The van der Waals surface area contributed by atoms with Crippen molar-refractivity contribution < 1.29 is 4.92 Å². The highest BCUT2D eigenvalue weighted by Gasteiger charge is 2.17. The molecule has 2 rings (SSSR count). The maximum atomic E-state index is 11.1. The summed E-state index contributed by atoms with van der Waals surface area (Å²) in [5, 5.41) is 17.9. The van der Waals surface area contributed by atoms with E-state index in [0.29, 0.717) is 12.2 Å². The van der Waals surface area contributed by atoms with Gasteiger partial charge in [-0.2, -0.15) is 0 Å². The first-order valence-electron chi connectivity index (χ1n) is 5.74. The molecule has 0 aliphatic carbocycles. The highest BCUT2D eigenvalue weighted by molar-refractivity contribution is 9.10. The van der Waals surface area contributed by atoms with Crippen molar-refractivity contribution in [3.05, 3.63) is 39.0 Å². The monoisotopic (exact) mass is 324 g/mol. The quantitative estimate of drug-likeness (QED) is 0.502. The van der Waals surface area contributed by atoms with Crippen molar-refractivity contribution in [1.82, 2.24) is 10.3 Å². The first-order valence-corrected chi connectivity index (χ1v) is 6.54. The number of benzene rings is 1. The average Bonchev–Trinajstić information content (AvgIpc) is 2.38. The number of nitrogens with one attached hydrogen (secondary N) is 2. The Kier molecular flexibility index (Phi) is 4.28. The van der Waals surface area contributed by atoms with Crippen molar-refractivity contribution in [2.75, 3.05) is 25.5 Å². The van der Waals surface area contributed by atoms with E-state index >= 15 is 0 Å². The van der Waals surface area contributed by atoms with E-state index in [1.807, 2.05) is 25.2 Å². The first kappa shape index (κ1) is 13.7. The van der Waals surface area contributed by atoms with Gasteiger partial charge in [0.25, 0.3) is 0 Å². The van der Waals surface area contributed by atoms with Gasteiger partial charge >= 0.3 is 5.69 Å². The zero-order chi connectivity index (χ0) is 13.8. The number of rotatable bonds is 5. The first-order chi connectivity index (χ1) is 9.13. The summed E-state index contributed by atoms with van der Waals surface area (Å²) < 4.78 is 0.860. The number of nitro groups is 1. The van der Waals surface area contributed by atoms with Crippen LogP contribution in [-0.2, 0) is 0 Å². The molecule has 2 aromatic rings. The molecule has 2 N–H and O–H groups in total. The number of pyridine rings is 1. The predicted molar refractivity (Wildman–Crippen MR) is 78.5 cm³/mol. The zero-order valence-corrected chi connectivity index (χ0v) is 11.9. The minimum absolute atomic E-state index is 0.0123. The Morgan fingerprint density at radius 1 is 1.42 bits per heavy atom. The van der Waals surface area contributed by atoms with E-state index in [1.54, 1.807) is 0 Å². The fourth-order valence-corrected chi connectivity index (χ4v) is 2.15. The average molecular weight is 325 g/mol. The minimum atomic E-state index is -0.422. The van der Waals surface area contributed by atoms with Crippen LogP contribution in [0, 0.1) is 10.1 Å². The number of likely N-dealkylation sites (N-methyl/N-ethyl adjacent to an activating group) is 1. The standard InChI is InChI=1S/C12H13BrN4O2/c1-14-4-5-15-12-9-6-8(13)2-3-10(9)16-7-11(12)17(18)19/h2-3,6-7,14H,4-5H2,1H3,(H,15,16). The van der Waals surface area contributed by atoms with Crippen molar-refractivity contribution in [2.45, 2.75) is 0 Å². The van der Waals surface area contributed by atoms with Gasteiger partial charge in [0.1, 0.15) is 11.9 Å². The molecule has 0 bridgehead atoms. The number of anilines is 1. The summed E-state index contributed by atoms with van der Waals surface area (Å²) >= 11 is 3.37. The molecule has 1 aromatic carbocycles. The number of hydrogen-bond donors (Lipinski definition) is 2. The lowest BCUT2D eigenvalue weighted by molar-refractivity contribution is -0.384. The van der Waals surface area contributed by atoms with Gasteiger partial charge < -0.3 is 10.6 Å². The van der Waals surface area contributed by atoms with Crippen molar-refractivity contribution in [2.24, 2.45) is 0 Å². The Labute approximate surface area is 118 Å². The molecule has 0 aliphatic rings. The Morgan fingerprint density at radius 2 is 2.21 bits per heavy atom. The molecule has 0 radical (unpaired) electrons. The van der Waals surface area contributed by atoms with Gasteiger partial charge in [0, 0.05) is 22.9 Å². The molecule has 0 aliphatic heterocycles. The molecule has 100 valence electrons. The molecule has 0 amide bonds. The van der Waals surface area contributed by atoms with Crippen molar-refractivity contribution >= 4 is 38.2 Å². The van der Waals surface area contributed by atoms with Gasteiger partial charge in [-0.15, -0.1) is 0 Å². The van der Waals surface area contributed by atoms with Crippen LogP contribution in [-0.4, -0.2) is 30.0 Å². The van der Waals surface area contributed by atoms with Crippen LogP contribution in [0.15, 0.2) is 28.9 Å². The van der Waals surface area contributed by atoms with Crippen molar-refractivity contribution in [3.63, 3.8) is 0 Å². The van der Waals surface area contributed by atoms with Gasteiger partial charge in [-0.1, -0.05) is 15.9 Å². The summed E-state index contributed by atoms with van der Waals surface area (Å²) in [5.41, 5.74) is 1.22. The molecule has 7 heteroatoms. The second-order valence-electron chi connectivity index (χ2n) is 3.97. The molecule has 0 saturated heterocycles. The van der Waals surface area contributed by atoms with Crippen LogP contribution in [0.2, 0.25) is 0 Å². The molecular formula is C12H13BrN4O2. The fraction of sp³-hybridized carbons (Fsp3) is 0.250. The van der Waals surface area contributed by atoms with Crippen molar-refractivity contribution in [1.29, 1.82) is 0 Å². The van der Waals surface area contributed by atoms with Crippen LogP contribution in [0.1, 0.15) is 0 Å². The molecule has 0 spiro atoms. The topological polar surface area (TPSA) is 80.1 Å². The van der Waals surface area contributed by atoms with Gasteiger partial charge in [-0.3, -0.25) is 10.1 Å². The van der Waals surface area contributed by atoms with Crippen LogP contribution >= 0.6 is 15.9 Å². The van der Waals surface area contributed by atoms with Crippen LogP contribution in [0.5, 0.6) is 0 Å². The Balaban J connectivity index is 2.54. The van der Waals surface area contributed by atoms with Crippen LogP contribution < -0.4 is 10.6 Å². The van der Waals surface area contributed by atoms with E-state index in [9.17, 15) is 10.1 Å². The Bertz CT molecular complexity index is 618. The zero-order valence-electron chi connectivity index (χ0n) is 10.3. The van der Waals surface area contributed by atoms with Gasteiger partial charge in [0.15, 0.2) is 0 Å². The molecule has 0 fully saturated rings. The lowest BCUT2D eigenvalue weighted by Crippen LogP contribution is -2.18. The van der Waals surface area contributed by atoms with Crippen LogP contribution in [0.3, 0.4) is 0 Å². The summed E-state index contributed by atoms with van der Waals surface area (Å²) in [6.45, 7) is 1.32. The molecule has 1 heterocycles. The third-order valence-corrected chi connectivity index (χ3v) is 3.18. The summed E-state index contributed by atoms with van der Waals surface area (Å²) in [4.78, 5) is 14.8. The third kappa shape index (κ3) is 2.99. The minimum Gasteiger partial charge on any atom is -0.378 e. The number of nitrogens with zero attached hydrogens (tertiary/aromatic N) is 2. The van der Waals surface area contributed by atoms with Gasteiger partial charge in [0.2, 0.25) is 0 Å². The third-order valence-electron chi connectivity index (χ3n) is 2.68. The highest BCUT2D eigenvalue weighted by atomic mass is 79.9. The van der Waals surface area contributed by atoms with Gasteiger partial charge in [-0.05, 0) is 25.2 Å². The SMILES string of the molecule is CNCCNc1c([N+](=O)[O-])cnc2ccc(Br)cc12. The molecule has 0 unspecified atom stereocenters. The summed E-state index contributed by atoms with van der Waals surface area (Å²) in [6.07, 6.45) is 1.29. The van der Waals surface area contributed by atoms with Crippen LogP contribution in [0.25, 0.3) is 10.9 Å². The number of halogens is 1. The maximum absolute atomic E-state index is 11.1. The van der Waals surface area contributed by atoms with E-state index in [1.165, 1.54) is 6.20 Å². The van der Waals surface area contributed by atoms with Crippen LogP contribution in [0.4, 0.5) is 11.4 Å². The lowest BCUT2D eigenvalue weighted by atomic mass is 10.1. The summed E-state index contributed by atoms with van der Waals surface area (Å²) in [7, 11) is 1.83. The van der Waals surface area contributed by atoms with Crippen molar-refractivity contribution in [3.8, 4) is 0 Å². The second kappa shape index (κ2) is 5.94. The molecular weight excluding hydrogens is 312 g/mol. The van der Waals surface area contributed by atoms with E-state index in [2.05, 4.69) is 31.5 Å². The molecule has 1 aromatic heterocycles. The van der Waals surface area contributed by atoms with E-state index in [4.69, 9.17) is 0 Å². The summed E-state index contributed by atoms with van der Waals surface area (Å²) in [5.74, 6) is 0. The number of fused-ring (bicyclic) bond motifs is 1. The predicted octanol–water partition coefficient (Wildman–Crippen LogP) is 2.54. The second-order valence-corrected chi connectivity index (χ2v) is 4.88. The van der Waals surface area contributed by atoms with E-state index in [0.717, 1.165) is 21.9 Å². The maximum Gasteiger partial charge on any atom is 0.311 e. The smallest absolute Gasteiger partial charge is 0.311 e. The Morgan fingerprint density at radius 3 is 2.89 bits per heavy atom. The molecule has 0 atom stereocenters. The van der Waals surface area contributed by atoms with E-state index in [-0.39, 0.29) is 5.69 Å². The number of hydrogen-bond acceptors (Lipinski definition) is 5. The Hall–Kier alpha value is -1.73. The molecule has 19 heavy (non-hydrogen) atoms. The molecule has 6 nitrogen and oxygen atoms in total.